The summed E-state index contributed by atoms with van der Waals surface area (Å²) in [5, 5.41) is 8.97. The van der Waals surface area contributed by atoms with E-state index in [0.29, 0.717) is 32.0 Å². The maximum absolute atomic E-state index is 11.7. The van der Waals surface area contributed by atoms with Crippen molar-refractivity contribution in [3.63, 3.8) is 0 Å². The Morgan fingerprint density at radius 2 is 2.50 bits per heavy atom. The van der Waals surface area contributed by atoms with Crippen molar-refractivity contribution in [2.75, 3.05) is 32.8 Å². The number of hydrogen-bond acceptors (Lipinski definition) is 5. The van der Waals surface area contributed by atoms with Gasteiger partial charge in [-0.1, -0.05) is 0 Å². The zero-order valence-corrected chi connectivity index (χ0v) is 8.96. The normalized spacial score (nSPS) is 22.2. The molecule has 0 aromatic carbocycles. The van der Waals surface area contributed by atoms with Gasteiger partial charge >= 0.3 is 0 Å². The number of aliphatic hydroxyl groups excluding tert-OH is 1. The van der Waals surface area contributed by atoms with E-state index in [2.05, 4.69) is 0 Å². The van der Waals surface area contributed by atoms with Crippen molar-refractivity contribution in [2.45, 2.75) is 6.10 Å². The summed E-state index contributed by atoms with van der Waals surface area (Å²) in [6.07, 6.45) is 1.31. The second kappa shape index (κ2) is 5.25. The molecule has 0 bridgehead atoms. The van der Waals surface area contributed by atoms with Gasteiger partial charge in [0.25, 0.3) is 0 Å². The largest absolute Gasteiger partial charge is 0.461 e. The number of carbonyl (C=O) groups excluding carboxylic acids is 1. The van der Waals surface area contributed by atoms with Crippen molar-refractivity contribution in [2.24, 2.45) is 0 Å². The molecule has 1 saturated heterocycles. The lowest BCUT2D eigenvalue weighted by Gasteiger charge is -2.31. The summed E-state index contributed by atoms with van der Waals surface area (Å²) < 4.78 is 10.3. The van der Waals surface area contributed by atoms with Gasteiger partial charge in [-0.25, -0.2) is 0 Å². The van der Waals surface area contributed by atoms with Crippen LogP contribution in [0.15, 0.2) is 22.8 Å². The summed E-state index contributed by atoms with van der Waals surface area (Å²) in [4.78, 5) is 13.7. The Bertz CT molecular complexity index is 336. The smallest absolute Gasteiger partial charge is 0.211 e. The SMILES string of the molecule is O=C(CN1CCOC(CO)C1)c1ccco1. The molecule has 0 saturated carbocycles. The van der Waals surface area contributed by atoms with Gasteiger partial charge in [-0.3, -0.25) is 9.69 Å². The van der Waals surface area contributed by atoms with Crippen LogP contribution in [0.3, 0.4) is 0 Å². The fraction of sp³-hybridized carbons (Fsp3) is 0.545. The van der Waals surface area contributed by atoms with Crippen molar-refractivity contribution in [3.05, 3.63) is 24.2 Å². The molecule has 1 aliphatic rings. The first kappa shape index (κ1) is 11.3. The molecule has 1 unspecified atom stereocenters. The van der Waals surface area contributed by atoms with E-state index in [1.54, 1.807) is 12.1 Å². The molecule has 88 valence electrons. The van der Waals surface area contributed by atoms with E-state index in [0.717, 1.165) is 0 Å². The lowest BCUT2D eigenvalue weighted by molar-refractivity contribution is -0.0504. The van der Waals surface area contributed by atoms with Crippen molar-refractivity contribution in [1.82, 2.24) is 4.90 Å². The molecule has 1 aliphatic heterocycles. The third-order valence-corrected chi connectivity index (χ3v) is 2.59. The van der Waals surface area contributed by atoms with Crippen LogP contribution >= 0.6 is 0 Å². The lowest BCUT2D eigenvalue weighted by Crippen LogP contribution is -2.45. The second-order valence-corrected chi connectivity index (χ2v) is 3.81. The van der Waals surface area contributed by atoms with E-state index in [9.17, 15) is 4.79 Å². The first-order chi connectivity index (χ1) is 7.79. The monoisotopic (exact) mass is 225 g/mol. The Balaban J connectivity index is 1.87. The molecule has 16 heavy (non-hydrogen) atoms. The number of Topliss-reactive ketones (excluding diaryl/α,β-unsaturated/α-hetero) is 1. The Morgan fingerprint density at radius 1 is 1.62 bits per heavy atom. The molecule has 1 fully saturated rings. The highest BCUT2D eigenvalue weighted by molar-refractivity contribution is 5.94. The Labute approximate surface area is 93.6 Å². The van der Waals surface area contributed by atoms with E-state index < -0.39 is 0 Å². The number of nitrogens with zero attached hydrogens (tertiary/aromatic N) is 1. The fourth-order valence-corrected chi connectivity index (χ4v) is 1.75. The van der Waals surface area contributed by atoms with Crippen LogP contribution in [-0.2, 0) is 4.74 Å². The first-order valence-corrected chi connectivity index (χ1v) is 5.31. The van der Waals surface area contributed by atoms with Gasteiger partial charge in [-0.15, -0.1) is 0 Å². The minimum absolute atomic E-state index is 0.00849. The molecule has 0 amide bonds. The number of ether oxygens (including phenoxy) is 1. The summed E-state index contributed by atoms with van der Waals surface area (Å²) in [6.45, 7) is 2.15. The van der Waals surface area contributed by atoms with Crippen molar-refractivity contribution < 1.29 is 19.1 Å². The molecule has 1 aromatic rings. The van der Waals surface area contributed by atoms with Crippen LogP contribution in [0.5, 0.6) is 0 Å². The molecule has 5 heteroatoms. The molecule has 0 spiro atoms. The number of hydrogen-bond donors (Lipinski definition) is 1. The molecule has 2 rings (SSSR count). The first-order valence-electron chi connectivity index (χ1n) is 5.31. The fourth-order valence-electron chi connectivity index (χ4n) is 1.75. The van der Waals surface area contributed by atoms with Crippen molar-refractivity contribution in [3.8, 4) is 0 Å². The third-order valence-electron chi connectivity index (χ3n) is 2.59. The van der Waals surface area contributed by atoms with Crippen LogP contribution < -0.4 is 0 Å². The molecule has 0 radical (unpaired) electrons. The minimum atomic E-state index is -0.182. The van der Waals surface area contributed by atoms with Crippen molar-refractivity contribution in [1.29, 1.82) is 0 Å². The highest BCUT2D eigenvalue weighted by Gasteiger charge is 2.22. The van der Waals surface area contributed by atoms with E-state index in [1.165, 1.54) is 6.26 Å². The Kier molecular flexibility index (Phi) is 3.71. The molecule has 1 N–H and O–H groups in total. The average Bonchev–Trinajstić information content (AvgIpc) is 2.83. The standard InChI is InChI=1S/C11H15NO4/c13-8-9-6-12(3-5-15-9)7-10(14)11-2-1-4-16-11/h1-2,4,9,13H,3,5-8H2. The number of ketones is 1. The van der Waals surface area contributed by atoms with Gasteiger partial charge in [-0.2, -0.15) is 0 Å². The van der Waals surface area contributed by atoms with Gasteiger partial charge < -0.3 is 14.3 Å². The highest BCUT2D eigenvalue weighted by atomic mass is 16.5. The van der Waals surface area contributed by atoms with Crippen molar-refractivity contribution >= 4 is 5.78 Å². The van der Waals surface area contributed by atoms with E-state index >= 15 is 0 Å². The number of carbonyl (C=O) groups is 1. The van der Waals surface area contributed by atoms with Gasteiger partial charge in [0.05, 0.1) is 32.1 Å². The number of rotatable bonds is 4. The van der Waals surface area contributed by atoms with Crippen LogP contribution in [0, 0.1) is 0 Å². The second-order valence-electron chi connectivity index (χ2n) is 3.81. The number of aliphatic hydroxyl groups is 1. The summed E-state index contributed by atoms with van der Waals surface area (Å²) in [6, 6.07) is 3.36. The topological polar surface area (TPSA) is 62.9 Å². The summed E-state index contributed by atoms with van der Waals surface area (Å²) >= 11 is 0. The zero-order valence-electron chi connectivity index (χ0n) is 8.96. The van der Waals surface area contributed by atoms with Gasteiger partial charge in [0.1, 0.15) is 0 Å². The highest BCUT2D eigenvalue weighted by Crippen LogP contribution is 2.07. The molecule has 0 aliphatic carbocycles. The summed E-state index contributed by atoms with van der Waals surface area (Å²) in [5.74, 6) is 0.343. The van der Waals surface area contributed by atoms with E-state index in [4.69, 9.17) is 14.3 Å². The number of furan rings is 1. The number of morpholine rings is 1. The molecule has 1 atom stereocenters. The third kappa shape index (κ3) is 2.69. The molecule has 2 heterocycles. The average molecular weight is 225 g/mol. The predicted molar refractivity (Wildman–Crippen MR) is 56.3 cm³/mol. The molecule has 5 nitrogen and oxygen atoms in total. The van der Waals surface area contributed by atoms with Crippen LogP contribution in [0.4, 0.5) is 0 Å². The van der Waals surface area contributed by atoms with Gasteiger partial charge in [0, 0.05) is 13.1 Å². The molecular formula is C11H15NO4. The predicted octanol–water partition coefficient (Wildman–Crippen LogP) is 0.155. The summed E-state index contributed by atoms with van der Waals surface area (Å²) in [5.41, 5.74) is 0. The van der Waals surface area contributed by atoms with E-state index in [1.807, 2.05) is 4.90 Å². The van der Waals surface area contributed by atoms with Crippen LogP contribution in [-0.4, -0.2) is 54.7 Å². The van der Waals surface area contributed by atoms with E-state index in [-0.39, 0.29) is 18.5 Å². The maximum atomic E-state index is 11.7. The lowest BCUT2D eigenvalue weighted by atomic mass is 10.2. The molecule has 1 aromatic heterocycles. The quantitative estimate of drug-likeness (QED) is 0.739. The van der Waals surface area contributed by atoms with Gasteiger partial charge in [-0.05, 0) is 12.1 Å². The Morgan fingerprint density at radius 3 is 3.19 bits per heavy atom. The zero-order chi connectivity index (χ0) is 11.4. The maximum Gasteiger partial charge on any atom is 0.211 e. The molecular weight excluding hydrogens is 210 g/mol. The minimum Gasteiger partial charge on any atom is -0.461 e. The van der Waals surface area contributed by atoms with Gasteiger partial charge in [0.2, 0.25) is 5.78 Å². The van der Waals surface area contributed by atoms with Crippen LogP contribution in [0.25, 0.3) is 0 Å². The van der Waals surface area contributed by atoms with Gasteiger partial charge in [0.15, 0.2) is 5.76 Å². The van der Waals surface area contributed by atoms with Crippen LogP contribution in [0.2, 0.25) is 0 Å². The Hall–Kier alpha value is -1.17. The summed E-state index contributed by atoms with van der Waals surface area (Å²) in [7, 11) is 0. The van der Waals surface area contributed by atoms with Crippen LogP contribution in [0.1, 0.15) is 10.6 Å².